The van der Waals surface area contributed by atoms with Crippen LogP contribution in [0.4, 0.5) is 0 Å². The summed E-state index contributed by atoms with van der Waals surface area (Å²) in [5, 5.41) is 2.86. The van der Waals surface area contributed by atoms with Gasteiger partial charge in [-0.15, -0.1) is 0 Å². The van der Waals surface area contributed by atoms with Crippen LogP contribution in [0, 0.1) is 0 Å². The molecule has 0 aliphatic carbocycles. The number of para-hydroxylation sites is 1. The Morgan fingerprint density at radius 3 is 2.67 bits per heavy atom. The zero-order chi connectivity index (χ0) is 15.4. The van der Waals surface area contributed by atoms with Gasteiger partial charge in [0.25, 0.3) is 5.91 Å². The Morgan fingerprint density at radius 1 is 1.29 bits per heavy atom. The van der Waals surface area contributed by atoms with Crippen LogP contribution in [0.25, 0.3) is 10.9 Å². The molecule has 0 saturated carbocycles. The minimum Gasteiger partial charge on any atom is -0.468 e. The highest BCUT2D eigenvalue weighted by Gasteiger charge is 2.15. The summed E-state index contributed by atoms with van der Waals surface area (Å²) in [5.41, 5.74) is 0.437. The lowest BCUT2D eigenvalue weighted by Gasteiger charge is -2.11. The molecule has 2 aromatic rings. The van der Waals surface area contributed by atoms with Crippen molar-refractivity contribution in [3.8, 4) is 0 Å². The molecule has 0 aliphatic heterocycles. The molecular formula is C15H16N2O4. The van der Waals surface area contributed by atoms with Crippen LogP contribution in [-0.2, 0) is 16.1 Å². The number of nitrogens with one attached hydrogen (secondary N) is 1. The van der Waals surface area contributed by atoms with E-state index < -0.39 is 11.9 Å². The number of benzene rings is 1. The predicted octanol–water partition coefficient (Wildman–Crippen LogP) is 0.924. The maximum absolute atomic E-state index is 12.4. The van der Waals surface area contributed by atoms with E-state index in [9.17, 15) is 14.4 Å². The zero-order valence-electron chi connectivity index (χ0n) is 11.9. The molecule has 1 heterocycles. The number of esters is 1. The second-order valence-electron chi connectivity index (χ2n) is 4.43. The number of fused-ring (bicyclic) bond motifs is 1. The van der Waals surface area contributed by atoms with Gasteiger partial charge < -0.3 is 14.6 Å². The standard InChI is InChI=1S/C15H16N2O4/c1-3-17-9-11(15(20)16-8-13(18)21-2)14(19)10-6-4-5-7-12(10)17/h4-7,9H,3,8H2,1-2H3,(H,16,20). The first-order valence-electron chi connectivity index (χ1n) is 6.55. The van der Waals surface area contributed by atoms with Gasteiger partial charge in [0.15, 0.2) is 0 Å². The average Bonchev–Trinajstić information content (AvgIpc) is 2.52. The lowest BCUT2D eigenvalue weighted by Crippen LogP contribution is -2.34. The van der Waals surface area contributed by atoms with E-state index in [0.29, 0.717) is 11.9 Å². The number of pyridine rings is 1. The summed E-state index contributed by atoms with van der Waals surface area (Å²) in [6, 6.07) is 7.10. The zero-order valence-corrected chi connectivity index (χ0v) is 11.9. The highest BCUT2D eigenvalue weighted by atomic mass is 16.5. The van der Waals surface area contributed by atoms with Crippen molar-refractivity contribution in [2.45, 2.75) is 13.5 Å². The van der Waals surface area contributed by atoms with E-state index in [-0.39, 0.29) is 17.5 Å². The number of aryl methyl sites for hydroxylation is 1. The molecule has 21 heavy (non-hydrogen) atoms. The number of amides is 1. The number of carbonyl (C=O) groups is 2. The Hall–Kier alpha value is -2.63. The highest BCUT2D eigenvalue weighted by molar-refractivity contribution is 5.98. The minimum absolute atomic E-state index is 0.0134. The average molecular weight is 288 g/mol. The third-order valence-electron chi connectivity index (χ3n) is 3.19. The van der Waals surface area contributed by atoms with Gasteiger partial charge in [0, 0.05) is 18.1 Å². The van der Waals surface area contributed by atoms with Crippen LogP contribution in [0.3, 0.4) is 0 Å². The lowest BCUT2D eigenvalue weighted by molar-refractivity contribution is -0.139. The first-order chi connectivity index (χ1) is 10.1. The molecule has 1 amide bonds. The molecule has 6 nitrogen and oxygen atoms in total. The normalized spacial score (nSPS) is 10.4. The SMILES string of the molecule is CCn1cc(C(=O)NCC(=O)OC)c(=O)c2ccccc21. The second-order valence-corrected chi connectivity index (χ2v) is 4.43. The Morgan fingerprint density at radius 2 is 2.00 bits per heavy atom. The Labute approximate surface area is 121 Å². The molecule has 0 fully saturated rings. The molecule has 0 radical (unpaired) electrons. The summed E-state index contributed by atoms with van der Waals surface area (Å²) < 4.78 is 6.27. The van der Waals surface area contributed by atoms with Crippen molar-refractivity contribution in [3.05, 3.63) is 46.2 Å². The molecule has 0 aliphatic rings. The molecule has 0 unspecified atom stereocenters. The summed E-state index contributed by atoms with van der Waals surface area (Å²) in [4.78, 5) is 35.5. The number of carbonyl (C=O) groups excluding carboxylic acids is 2. The number of nitrogens with zero attached hydrogens (tertiary/aromatic N) is 1. The van der Waals surface area contributed by atoms with Gasteiger partial charge in [0.05, 0.1) is 12.6 Å². The van der Waals surface area contributed by atoms with Crippen LogP contribution in [-0.4, -0.2) is 30.1 Å². The van der Waals surface area contributed by atoms with E-state index >= 15 is 0 Å². The van der Waals surface area contributed by atoms with Crippen LogP contribution in [0.1, 0.15) is 17.3 Å². The van der Waals surface area contributed by atoms with Crippen LogP contribution in [0.15, 0.2) is 35.3 Å². The summed E-state index contributed by atoms with van der Waals surface area (Å²) in [6.45, 7) is 2.28. The van der Waals surface area contributed by atoms with Crippen molar-refractivity contribution in [2.24, 2.45) is 0 Å². The molecule has 6 heteroatoms. The van der Waals surface area contributed by atoms with Gasteiger partial charge in [-0.2, -0.15) is 0 Å². The number of rotatable bonds is 4. The number of hydrogen-bond acceptors (Lipinski definition) is 4. The minimum atomic E-state index is -0.585. The molecule has 1 aromatic carbocycles. The first-order valence-corrected chi connectivity index (χ1v) is 6.55. The summed E-state index contributed by atoms with van der Waals surface area (Å²) in [6.07, 6.45) is 1.51. The third-order valence-corrected chi connectivity index (χ3v) is 3.19. The fourth-order valence-corrected chi connectivity index (χ4v) is 2.09. The van der Waals surface area contributed by atoms with Gasteiger partial charge >= 0.3 is 5.97 Å². The monoisotopic (exact) mass is 288 g/mol. The van der Waals surface area contributed by atoms with E-state index in [4.69, 9.17) is 0 Å². The first kappa shape index (κ1) is 14.8. The van der Waals surface area contributed by atoms with Crippen molar-refractivity contribution >= 4 is 22.8 Å². The fourth-order valence-electron chi connectivity index (χ4n) is 2.09. The third kappa shape index (κ3) is 2.94. The molecule has 110 valence electrons. The van der Waals surface area contributed by atoms with Crippen molar-refractivity contribution in [1.29, 1.82) is 0 Å². The smallest absolute Gasteiger partial charge is 0.325 e. The van der Waals surface area contributed by atoms with Crippen molar-refractivity contribution < 1.29 is 14.3 Å². The maximum Gasteiger partial charge on any atom is 0.325 e. The van der Waals surface area contributed by atoms with E-state index in [0.717, 1.165) is 5.52 Å². The van der Waals surface area contributed by atoms with E-state index in [2.05, 4.69) is 10.1 Å². The van der Waals surface area contributed by atoms with Crippen LogP contribution < -0.4 is 10.7 Å². The van der Waals surface area contributed by atoms with Crippen LogP contribution in [0.2, 0.25) is 0 Å². The van der Waals surface area contributed by atoms with E-state index in [1.54, 1.807) is 12.1 Å². The molecule has 1 N–H and O–H groups in total. The van der Waals surface area contributed by atoms with Crippen molar-refractivity contribution in [1.82, 2.24) is 9.88 Å². The van der Waals surface area contributed by atoms with Crippen LogP contribution in [0.5, 0.6) is 0 Å². The number of methoxy groups -OCH3 is 1. The molecule has 0 bridgehead atoms. The molecule has 2 rings (SSSR count). The Bertz CT molecular complexity index is 749. The summed E-state index contributed by atoms with van der Waals surface area (Å²) >= 11 is 0. The topological polar surface area (TPSA) is 77.4 Å². The second kappa shape index (κ2) is 6.21. The van der Waals surface area contributed by atoms with Gasteiger partial charge in [-0.25, -0.2) is 0 Å². The quantitative estimate of drug-likeness (QED) is 0.849. The van der Waals surface area contributed by atoms with Gasteiger partial charge in [-0.3, -0.25) is 14.4 Å². The number of aromatic nitrogens is 1. The molecule has 0 atom stereocenters. The van der Waals surface area contributed by atoms with Gasteiger partial charge in [0.1, 0.15) is 12.1 Å². The number of ether oxygens (including phenoxy) is 1. The van der Waals surface area contributed by atoms with Gasteiger partial charge in [-0.1, -0.05) is 12.1 Å². The van der Waals surface area contributed by atoms with Crippen LogP contribution >= 0.6 is 0 Å². The van der Waals surface area contributed by atoms with Gasteiger partial charge in [-0.05, 0) is 19.1 Å². The molecule has 0 spiro atoms. The summed E-state index contributed by atoms with van der Waals surface area (Å²) in [5.74, 6) is -1.15. The molecule has 1 aromatic heterocycles. The molecule has 0 saturated heterocycles. The highest BCUT2D eigenvalue weighted by Crippen LogP contribution is 2.11. The van der Waals surface area contributed by atoms with Gasteiger partial charge in [0.2, 0.25) is 5.43 Å². The maximum atomic E-state index is 12.4. The Balaban J connectivity index is 2.45. The van der Waals surface area contributed by atoms with Crippen molar-refractivity contribution in [2.75, 3.05) is 13.7 Å². The fraction of sp³-hybridized carbons (Fsp3) is 0.267. The number of hydrogen-bond donors (Lipinski definition) is 1. The lowest BCUT2D eigenvalue weighted by atomic mass is 10.1. The summed E-state index contributed by atoms with van der Waals surface area (Å²) in [7, 11) is 1.23. The Kier molecular flexibility index (Phi) is 4.37. The van der Waals surface area contributed by atoms with E-state index in [1.165, 1.54) is 13.3 Å². The largest absolute Gasteiger partial charge is 0.468 e. The predicted molar refractivity (Wildman–Crippen MR) is 78.2 cm³/mol. The molecular weight excluding hydrogens is 272 g/mol. The van der Waals surface area contributed by atoms with E-state index in [1.807, 2.05) is 23.6 Å². The van der Waals surface area contributed by atoms with Crippen molar-refractivity contribution in [3.63, 3.8) is 0 Å².